The van der Waals surface area contributed by atoms with Crippen LogP contribution in [0, 0.1) is 10.1 Å². The van der Waals surface area contributed by atoms with Crippen LogP contribution in [0.1, 0.15) is 10.5 Å². The number of nitro benzene ring substituents is 1. The molecule has 2 N–H and O–H groups in total. The molecule has 33 heavy (non-hydrogen) atoms. The first-order valence-electron chi connectivity index (χ1n) is 9.92. The summed E-state index contributed by atoms with van der Waals surface area (Å²) < 4.78 is 7.16. The molecule has 0 amide bonds. The van der Waals surface area contributed by atoms with Crippen molar-refractivity contribution in [1.82, 2.24) is 14.6 Å². The first-order valence-corrected chi connectivity index (χ1v) is 9.92. The predicted molar refractivity (Wildman–Crippen MR) is 121 cm³/mol. The van der Waals surface area contributed by atoms with Crippen LogP contribution >= 0.6 is 0 Å². The van der Waals surface area contributed by atoms with Gasteiger partial charge in [0.1, 0.15) is 17.2 Å². The third kappa shape index (κ3) is 3.68. The van der Waals surface area contributed by atoms with Crippen LogP contribution < -0.4 is 4.74 Å². The summed E-state index contributed by atoms with van der Waals surface area (Å²) in [5, 5.41) is 23.9. The molecular formula is C24H16N4O5. The van der Waals surface area contributed by atoms with Gasteiger partial charge in [-0.05, 0) is 42.0 Å². The minimum absolute atomic E-state index is 0.0431. The molecule has 3 aromatic carbocycles. The number of nitro groups is 1. The zero-order valence-corrected chi connectivity index (χ0v) is 17.0. The van der Waals surface area contributed by atoms with Crippen LogP contribution in [0.5, 0.6) is 11.5 Å². The van der Waals surface area contributed by atoms with Gasteiger partial charge in [0.05, 0.1) is 4.92 Å². The highest BCUT2D eigenvalue weighted by Gasteiger charge is 2.24. The van der Waals surface area contributed by atoms with Gasteiger partial charge >= 0.3 is 5.97 Å². The highest BCUT2D eigenvalue weighted by Crippen LogP contribution is 2.33. The minimum atomic E-state index is -1.16. The van der Waals surface area contributed by atoms with Gasteiger partial charge < -0.3 is 9.84 Å². The number of imidazole rings is 1. The van der Waals surface area contributed by atoms with Gasteiger partial charge in [0, 0.05) is 29.5 Å². The summed E-state index contributed by atoms with van der Waals surface area (Å²) in [6.07, 6.45) is 1.58. The number of nitrogens with zero attached hydrogens (tertiary/aromatic N) is 3. The smallest absolute Gasteiger partial charge is 0.356 e. The second-order valence-corrected chi connectivity index (χ2v) is 7.21. The van der Waals surface area contributed by atoms with Gasteiger partial charge in [0.2, 0.25) is 0 Å². The van der Waals surface area contributed by atoms with E-state index in [4.69, 9.17) is 4.74 Å². The number of carboxylic acids is 1. The van der Waals surface area contributed by atoms with E-state index in [1.54, 1.807) is 42.6 Å². The number of para-hydroxylation sites is 1. The van der Waals surface area contributed by atoms with Gasteiger partial charge in [0.15, 0.2) is 11.3 Å². The molecule has 0 spiro atoms. The molecule has 0 atom stereocenters. The molecule has 0 unspecified atom stereocenters. The van der Waals surface area contributed by atoms with Crippen molar-refractivity contribution in [2.75, 3.05) is 0 Å². The third-order valence-corrected chi connectivity index (χ3v) is 5.13. The second kappa shape index (κ2) is 7.97. The number of rotatable bonds is 6. The summed E-state index contributed by atoms with van der Waals surface area (Å²) in [5.41, 5.74) is 2.21. The lowest BCUT2D eigenvalue weighted by atomic mass is 10.1. The fourth-order valence-electron chi connectivity index (χ4n) is 3.62. The summed E-state index contributed by atoms with van der Waals surface area (Å²) in [7, 11) is 0. The molecule has 0 fully saturated rings. The molecule has 162 valence electrons. The topological polar surface area (TPSA) is 123 Å². The number of hydrogen-bond acceptors (Lipinski definition) is 5. The molecule has 0 bridgehead atoms. The first kappa shape index (κ1) is 20.0. The normalized spacial score (nSPS) is 10.9. The fourth-order valence-corrected chi connectivity index (χ4v) is 3.62. The number of carboxylic acid groups (broad SMARTS) is 1. The molecule has 2 heterocycles. The zero-order chi connectivity index (χ0) is 22.9. The number of aromatic carboxylic acids is 1. The molecule has 0 radical (unpaired) electrons. The van der Waals surface area contributed by atoms with Crippen LogP contribution in [0.2, 0.25) is 0 Å². The Morgan fingerprint density at radius 1 is 0.970 bits per heavy atom. The number of carbonyl (C=O) groups is 1. The quantitative estimate of drug-likeness (QED) is 0.269. The molecule has 5 rings (SSSR count). The van der Waals surface area contributed by atoms with Crippen molar-refractivity contribution in [1.29, 1.82) is 0 Å². The van der Waals surface area contributed by atoms with Crippen molar-refractivity contribution in [3.63, 3.8) is 0 Å². The molecule has 0 aliphatic rings. The van der Waals surface area contributed by atoms with Crippen molar-refractivity contribution in [2.45, 2.75) is 0 Å². The van der Waals surface area contributed by atoms with Crippen molar-refractivity contribution in [3.8, 4) is 33.9 Å². The van der Waals surface area contributed by atoms with E-state index in [2.05, 4.69) is 10.1 Å². The minimum Gasteiger partial charge on any atom is -0.476 e. The Kier molecular flexibility index (Phi) is 4.83. The summed E-state index contributed by atoms with van der Waals surface area (Å²) in [4.78, 5) is 27.3. The molecule has 5 aromatic rings. The van der Waals surface area contributed by atoms with Gasteiger partial charge in [-0.2, -0.15) is 0 Å². The van der Waals surface area contributed by atoms with Crippen LogP contribution in [0.3, 0.4) is 0 Å². The average Bonchev–Trinajstić information content (AvgIpc) is 3.39. The number of fused-ring (bicyclic) bond motifs is 1. The van der Waals surface area contributed by atoms with Crippen LogP contribution in [0.25, 0.3) is 28.0 Å². The van der Waals surface area contributed by atoms with Gasteiger partial charge in [-0.1, -0.05) is 30.3 Å². The van der Waals surface area contributed by atoms with E-state index in [0.29, 0.717) is 33.8 Å². The Balaban J connectivity index is 1.56. The Hall–Kier alpha value is -4.92. The first-order chi connectivity index (χ1) is 16.0. The molecule has 0 aliphatic carbocycles. The van der Waals surface area contributed by atoms with Gasteiger partial charge in [-0.15, -0.1) is 0 Å². The van der Waals surface area contributed by atoms with E-state index < -0.39 is 10.9 Å². The standard InChI is InChI=1S/C24H16N4O5/c29-24(30)22-21(15-9-11-19(12-10-15)33-18-7-2-1-3-8-18)26-23-20(14-25-27(22)23)16-5-4-6-17(13-16)28(31)32/h1-14,25H,(H,29,30). The third-order valence-electron chi connectivity index (χ3n) is 5.13. The molecule has 0 aliphatic heterocycles. The lowest BCUT2D eigenvalue weighted by Gasteiger charge is -2.06. The number of aromatic amines is 1. The van der Waals surface area contributed by atoms with Crippen LogP contribution in [-0.2, 0) is 0 Å². The van der Waals surface area contributed by atoms with Crippen molar-refractivity contribution < 1.29 is 19.6 Å². The summed E-state index contributed by atoms with van der Waals surface area (Å²) in [6, 6.07) is 22.4. The van der Waals surface area contributed by atoms with Gasteiger partial charge in [-0.25, -0.2) is 14.3 Å². The highest BCUT2D eigenvalue weighted by molar-refractivity contribution is 5.96. The lowest BCUT2D eigenvalue weighted by Crippen LogP contribution is -2.04. The maximum Gasteiger partial charge on any atom is 0.356 e. The Bertz CT molecular complexity index is 1490. The zero-order valence-electron chi connectivity index (χ0n) is 17.0. The number of ether oxygens (including phenoxy) is 1. The van der Waals surface area contributed by atoms with Crippen molar-refractivity contribution in [3.05, 3.63) is 101 Å². The number of non-ortho nitro benzene ring substituents is 1. The number of hydrogen-bond donors (Lipinski definition) is 2. The monoisotopic (exact) mass is 440 g/mol. The SMILES string of the molecule is O=C(O)c1c(-c2ccc(Oc3ccccc3)cc2)nc2c(-c3cccc([N+](=O)[O-])c3)c[nH]n12. The largest absolute Gasteiger partial charge is 0.476 e. The fraction of sp³-hybridized carbons (Fsp3) is 0. The highest BCUT2D eigenvalue weighted by atomic mass is 16.6. The van der Waals surface area contributed by atoms with Crippen LogP contribution in [0.15, 0.2) is 85.1 Å². The maximum absolute atomic E-state index is 12.1. The van der Waals surface area contributed by atoms with Crippen molar-refractivity contribution in [2.24, 2.45) is 0 Å². The second-order valence-electron chi connectivity index (χ2n) is 7.21. The maximum atomic E-state index is 12.1. The van der Waals surface area contributed by atoms with E-state index in [1.165, 1.54) is 16.6 Å². The number of aromatic nitrogens is 3. The van der Waals surface area contributed by atoms with Crippen molar-refractivity contribution >= 4 is 17.3 Å². The van der Waals surface area contributed by atoms with E-state index in [9.17, 15) is 20.0 Å². The molecule has 9 heteroatoms. The van der Waals surface area contributed by atoms with E-state index in [-0.39, 0.29) is 17.1 Å². The van der Waals surface area contributed by atoms with Crippen LogP contribution in [-0.4, -0.2) is 30.6 Å². The molecule has 0 saturated heterocycles. The molecule has 0 saturated carbocycles. The summed E-state index contributed by atoms with van der Waals surface area (Å²) in [6.45, 7) is 0. The Morgan fingerprint density at radius 3 is 2.39 bits per heavy atom. The Morgan fingerprint density at radius 2 is 1.70 bits per heavy atom. The molecular weight excluding hydrogens is 424 g/mol. The van der Waals surface area contributed by atoms with Gasteiger partial charge in [0.25, 0.3) is 5.69 Å². The number of nitrogens with one attached hydrogen (secondary N) is 1. The Labute approximate surface area is 186 Å². The lowest BCUT2D eigenvalue weighted by molar-refractivity contribution is -0.384. The number of H-pyrrole nitrogens is 1. The number of benzene rings is 3. The summed E-state index contributed by atoms with van der Waals surface area (Å²) >= 11 is 0. The molecule has 2 aromatic heterocycles. The van der Waals surface area contributed by atoms with E-state index in [0.717, 1.165) is 0 Å². The average molecular weight is 440 g/mol. The summed E-state index contributed by atoms with van der Waals surface area (Å²) in [5.74, 6) is 0.131. The van der Waals surface area contributed by atoms with Crippen LogP contribution in [0.4, 0.5) is 5.69 Å². The predicted octanol–water partition coefficient (Wildman–Crippen LogP) is 5.40. The van der Waals surface area contributed by atoms with E-state index in [1.807, 2.05) is 30.3 Å². The van der Waals surface area contributed by atoms with Gasteiger partial charge in [-0.3, -0.25) is 15.2 Å². The van der Waals surface area contributed by atoms with E-state index >= 15 is 0 Å². The molecule has 9 nitrogen and oxygen atoms in total.